The highest BCUT2D eigenvalue weighted by atomic mass is 16.4. The second-order valence-corrected chi connectivity index (χ2v) is 5.58. The number of carboxylic acids is 1. The minimum Gasteiger partial charge on any atom is -0.480 e. The molecule has 2 rings (SSSR count). The Kier molecular flexibility index (Phi) is 3.90. The summed E-state index contributed by atoms with van der Waals surface area (Å²) in [6, 6.07) is 0.138. The molecule has 0 radical (unpaired) electrons. The van der Waals surface area contributed by atoms with Crippen molar-refractivity contribution in [3.8, 4) is 0 Å². The van der Waals surface area contributed by atoms with Crippen LogP contribution in [0, 0.1) is 5.92 Å². The van der Waals surface area contributed by atoms with E-state index in [9.17, 15) is 14.7 Å². The van der Waals surface area contributed by atoms with Crippen molar-refractivity contribution in [2.75, 3.05) is 6.54 Å². The number of nitrogens with one attached hydrogen (secondary N) is 2. The Morgan fingerprint density at radius 1 is 1.28 bits per heavy atom. The van der Waals surface area contributed by atoms with Gasteiger partial charge in [0.15, 0.2) is 0 Å². The molecule has 2 atom stereocenters. The fraction of sp³-hybridized carbons (Fsp3) is 0.846. The number of aliphatic carboxylic acids is 1. The van der Waals surface area contributed by atoms with Crippen LogP contribution < -0.4 is 10.6 Å². The molecular weight excluding hydrogens is 232 g/mol. The van der Waals surface area contributed by atoms with Crippen LogP contribution in [0.1, 0.15) is 45.4 Å². The fourth-order valence-corrected chi connectivity index (χ4v) is 3.09. The topological polar surface area (TPSA) is 78.4 Å². The molecule has 1 aliphatic heterocycles. The van der Waals surface area contributed by atoms with Gasteiger partial charge in [-0.15, -0.1) is 0 Å². The van der Waals surface area contributed by atoms with Crippen molar-refractivity contribution in [3.63, 3.8) is 0 Å². The molecule has 2 unspecified atom stereocenters. The van der Waals surface area contributed by atoms with Gasteiger partial charge in [0.1, 0.15) is 5.54 Å². The van der Waals surface area contributed by atoms with Crippen molar-refractivity contribution in [1.82, 2.24) is 10.6 Å². The van der Waals surface area contributed by atoms with Gasteiger partial charge in [-0.1, -0.05) is 19.3 Å². The average Bonchev–Trinajstić information content (AvgIpc) is 2.76. The molecule has 0 aromatic heterocycles. The van der Waals surface area contributed by atoms with Gasteiger partial charge in [-0.25, -0.2) is 4.79 Å². The van der Waals surface area contributed by atoms with Gasteiger partial charge in [0.25, 0.3) is 0 Å². The summed E-state index contributed by atoms with van der Waals surface area (Å²) < 4.78 is 0. The van der Waals surface area contributed by atoms with Crippen LogP contribution in [-0.2, 0) is 9.59 Å². The van der Waals surface area contributed by atoms with E-state index < -0.39 is 11.5 Å². The minimum atomic E-state index is -1.02. The first kappa shape index (κ1) is 13.3. The van der Waals surface area contributed by atoms with Crippen LogP contribution in [0.2, 0.25) is 0 Å². The van der Waals surface area contributed by atoms with Crippen molar-refractivity contribution in [2.24, 2.45) is 5.92 Å². The molecule has 0 aromatic rings. The van der Waals surface area contributed by atoms with Crippen LogP contribution in [0.4, 0.5) is 0 Å². The number of rotatable bonds is 3. The van der Waals surface area contributed by atoms with Gasteiger partial charge in [0.2, 0.25) is 5.91 Å². The van der Waals surface area contributed by atoms with Crippen LogP contribution in [0.15, 0.2) is 0 Å². The van der Waals surface area contributed by atoms with E-state index in [-0.39, 0.29) is 17.9 Å². The minimum absolute atomic E-state index is 0.0943. The number of amides is 1. The van der Waals surface area contributed by atoms with Gasteiger partial charge >= 0.3 is 5.97 Å². The summed E-state index contributed by atoms with van der Waals surface area (Å²) in [5, 5.41) is 15.5. The Hall–Kier alpha value is -1.10. The molecule has 2 fully saturated rings. The van der Waals surface area contributed by atoms with Crippen LogP contribution in [0.25, 0.3) is 0 Å². The largest absolute Gasteiger partial charge is 0.480 e. The zero-order valence-corrected chi connectivity index (χ0v) is 10.9. The molecule has 102 valence electrons. The first-order chi connectivity index (χ1) is 8.55. The molecule has 1 saturated carbocycles. The standard InChI is InChI=1S/C13H22N2O3/c1-9-10(5-8-14-9)11(16)15-13(12(17)18)6-3-2-4-7-13/h9-10,14H,2-8H2,1H3,(H,15,16)(H,17,18). The number of hydrogen-bond donors (Lipinski definition) is 3. The van der Waals surface area contributed by atoms with Gasteiger partial charge < -0.3 is 15.7 Å². The highest BCUT2D eigenvalue weighted by molar-refractivity contribution is 5.88. The van der Waals surface area contributed by atoms with E-state index in [4.69, 9.17) is 0 Å². The third-order valence-electron chi connectivity index (χ3n) is 4.34. The zero-order chi connectivity index (χ0) is 13.2. The van der Waals surface area contributed by atoms with E-state index in [0.29, 0.717) is 12.8 Å². The van der Waals surface area contributed by atoms with Crippen molar-refractivity contribution in [1.29, 1.82) is 0 Å². The van der Waals surface area contributed by atoms with Gasteiger partial charge in [0.05, 0.1) is 5.92 Å². The predicted octanol–water partition coefficient (Wildman–Crippen LogP) is 0.888. The van der Waals surface area contributed by atoms with Gasteiger partial charge in [-0.3, -0.25) is 4.79 Å². The predicted molar refractivity (Wildman–Crippen MR) is 67.2 cm³/mol. The maximum Gasteiger partial charge on any atom is 0.329 e. The lowest BCUT2D eigenvalue weighted by Crippen LogP contribution is -2.57. The van der Waals surface area contributed by atoms with Crippen LogP contribution >= 0.6 is 0 Å². The average molecular weight is 254 g/mol. The lowest BCUT2D eigenvalue weighted by Gasteiger charge is -2.35. The van der Waals surface area contributed by atoms with E-state index in [1.807, 2.05) is 6.92 Å². The summed E-state index contributed by atoms with van der Waals surface area (Å²) in [5.41, 5.74) is -1.02. The normalized spacial score (nSPS) is 30.9. The Labute approximate surface area is 107 Å². The van der Waals surface area contributed by atoms with E-state index in [1.165, 1.54) is 0 Å². The monoisotopic (exact) mass is 254 g/mol. The van der Waals surface area contributed by atoms with Gasteiger partial charge in [0, 0.05) is 6.04 Å². The molecule has 3 N–H and O–H groups in total. The molecule has 1 amide bonds. The number of carbonyl (C=O) groups excluding carboxylic acids is 1. The Balaban J connectivity index is 2.04. The summed E-state index contributed by atoms with van der Waals surface area (Å²) in [6.07, 6.45) is 4.73. The van der Waals surface area contributed by atoms with Crippen LogP contribution in [0.3, 0.4) is 0 Å². The summed E-state index contributed by atoms with van der Waals surface area (Å²) in [7, 11) is 0. The molecule has 2 aliphatic rings. The smallest absolute Gasteiger partial charge is 0.329 e. The van der Waals surface area contributed by atoms with Crippen molar-refractivity contribution < 1.29 is 14.7 Å². The molecule has 5 heteroatoms. The van der Waals surface area contributed by atoms with Crippen LogP contribution in [-0.4, -0.2) is 35.1 Å². The molecule has 1 saturated heterocycles. The summed E-state index contributed by atoms with van der Waals surface area (Å²) in [6.45, 7) is 2.81. The maximum absolute atomic E-state index is 12.2. The number of carbonyl (C=O) groups is 2. The highest BCUT2D eigenvalue weighted by Gasteiger charge is 2.43. The molecule has 0 bridgehead atoms. The van der Waals surface area contributed by atoms with E-state index in [0.717, 1.165) is 32.2 Å². The van der Waals surface area contributed by atoms with Crippen LogP contribution in [0.5, 0.6) is 0 Å². The second-order valence-electron chi connectivity index (χ2n) is 5.58. The maximum atomic E-state index is 12.2. The van der Waals surface area contributed by atoms with E-state index in [2.05, 4.69) is 10.6 Å². The fourth-order valence-electron chi connectivity index (χ4n) is 3.09. The highest BCUT2D eigenvalue weighted by Crippen LogP contribution is 2.29. The lowest BCUT2D eigenvalue weighted by molar-refractivity contribution is -0.150. The molecule has 1 heterocycles. The van der Waals surface area contributed by atoms with Crippen molar-refractivity contribution in [2.45, 2.75) is 57.0 Å². The van der Waals surface area contributed by atoms with E-state index >= 15 is 0 Å². The second kappa shape index (κ2) is 5.26. The quantitative estimate of drug-likeness (QED) is 0.699. The first-order valence-electron chi connectivity index (χ1n) is 6.84. The lowest BCUT2D eigenvalue weighted by atomic mass is 9.81. The Bertz CT molecular complexity index is 337. The molecule has 5 nitrogen and oxygen atoms in total. The summed E-state index contributed by atoms with van der Waals surface area (Å²) in [4.78, 5) is 23.7. The number of hydrogen-bond acceptors (Lipinski definition) is 3. The van der Waals surface area contributed by atoms with Gasteiger partial charge in [-0.05, 0) is 32.7 Å². The third kappa shape index (κ3) is 2.51. The SMILES string of the molecule is CC1NCCC1C(=O)NC1(C(=O)O)CCCCC1. The third-order valence-corrected chi connectivity index (χ3v) is 4.34. The summed E-state index contributed by atoms with van der Waals surface area (Å²) >= 11 is 0. The molecule has 1 aliphatic carbocycles. The number of carboxylic acid groups (broad SMARTS) is 1. The Morgan fingerprint density at radius 3 is 2.44 bits per heavy atom. The molecule has 18 heavy (non-hydrogen) atoms. The van der Waals surface area contributed by atoms with Crippen molar-refractivity contribution >= 4 is 11.9 Å². The Morgan fingerprint density at radius 2 is 1.94 bits per heavy atom. The molecule has 0 aromatic carbocycles. The summed E-state index contributed by atoms with van der Waals surface area (Å²) in [5.74, 6) is -1.07. The van der Waals surface area contributed by atoms with Gasteiger partial charge in [-0.2, -0.15) is 0 Å². The zero-order valence-electron chi connectivity index (χ0n) is 10.9. The first-order valence-corrected chi connectivity index (χ1v) is 6.84. The van der Waals surface area contributed by atoms with E-state index in [1.54, 1.807) is 0 Å². The van der Waals surface area contributed by atoms with Crippen molar-refractivity contribution in [3.05, 3.63) is 0 Å². The molecule has 0 spiro atoms. The molecular formula is C13H22N2O3.